The van der Waals surface area contributed by atoms with E-state index in [1.54, 1.807) is 24.4 Å². The summed E-state index contributed by atoms with van der Waals surface area (Å²) in [5, 5.41) is 18.9. The van der Waals surface area contributed by atoms with E-state index in [0.29, 0.717) is 29.2 Å². The Balaban J connectivity index is 0.000000210. The summed E-state index contributed by atoms with van der Waals surface area (Å²) in [7, 11) is 0. The highest BCUT2D eigenvalue weighted by molar-refractivity contribution is 6.05. The molecule has 0 radical (unpaired) electrons. The van der Waals surface area contributed by atoms with Crippen molar-refractivity contribution in [3.05, 3.63) is 165 Å². The SMILES string of the molecule is CCOC(=O)CCC(=O)c1c(OCc2ccccc2)cc(C#Cc2ccccc2)n2ncnc12.CCOC(=O)CCC(O)=c1c(=O)cc(CCc2ccccc2)n2ncnc12. The molecule has 0 aliphatic rings. The molecule has 1 N–H and O–H groups in total. The summed E-state index contributed by atoms with van der Waals surface area (Å²) in [4.78, 5) is 57.5. The standard InChI is InChI=1S/C27H23N3O4.C20H21N3O4/c1-2-33-25(32)16-15-23(31)26-24(34-18-21-11-7-4-8-12-21)17-22(30-27(26)28-19-29-30)14-13-20-9-5-3-6-10-20;1-2-27-18(26)11-10-16(24)19-17(25)12-15(23-20(19)21-13-22-23)9-8-14-6-4-3-5-7-14/h3-12,17,19H,2,15-16,18H2,1H3;3-7,12-13,24H,2,8-11H2,1H3. The number of Topliss-reactive ketones (excluding diaryl/α,β-unsaturated/α-hetero) is 1. The van der Waals surface area contributed by atoms with E-state index in [1.807, 2.05) is 91.0 Å². The Kier molecular flexibility index (Phi) is 15.0. The van der Waals surface area contributed by atoms with E-state index in [2.05, 4.69) is 32.0 Å². The number of ketones is 1. The number of carbonyl (C=O) groups is 3. The second-order valence-electron chi connectivity index (χ2n) is 13.5. The van der Waals surface area contributed by atoms with Crippen molar-refractivity contribution in [1.82, 2.24) is 29.2 Å². The maximum absolute atomic E-state index is 13.2. The number of benzene rings is 3. The van der Waals surface area contributed by atoms with E-state index in [9.17, 15) is 24.3 Å². The predicted molar refractivity (Wildman–Crippen MR) is 227 cm³/mol. The molecule has 0 aliphatic heterocycles. The maximum Gasteiger partial charge on any atom is 0.306 e. The van der Waals surface area contributed by atoms with Gasteiger partial charge in [0.15, 0.2) is 22.5 Å². The molecule has 4 aromatic heterocycles. The molecule has 4 heterocycles. The second kappa shape index (κ2) is 21.4. The van der Waals surface area contributed by atoms with E-state index in [0.717, 1.165) is 28.8 Å². The van der Waals surface area contributed by atoms with Gasteiger partial charge in [-0.15, -0.1) is 0 Å². The molecule has 61 heavy (non-hydrogen) atoms. The number of hydrogen-bond donors (Lipinski definition) is 1. The molecule has 7 rings (SSSR count). The summed E-state index contributed by atoms with van der Waals surface area (Å²) in [5.41, 5.74) is 4.76. The number of nitrogens with zero attached hydrogens (tertiary/aromatic N) is 6. The highest BCUT2D eigenvalue weighted by Crippen LogP contribution is 2.27. The second-order valence-corrected chi connectivity index (χ2v) is 13.5. The van der Waals surface area contributed by atoms with Gasteiger partial charge in [-0.05, 0) is 55.9 Å². The van der Waals surface area contributed by atoms with Crippen molar-refractivity contribution in [2.45, 2.75) is 59.0 Å². The molecule has 14 nitrogen and oxygen atoms in total. The molecule has 0 spiro atoms. The van der Waals surface area contributed by atoms with Gasteiger partial charge in [0, 0.05) is 36.2 Å². The lowest BCUT2D eigenvalue weighted by Gasteiger charge is -2.13. The Bertz CT molecular complexity index is 2780. The smallest absolute Gasteiger partial charge is 0.306 e. The van der Waals surface area contributed by atoms with Crippen molar-refractivity contribution >= 4 is 34.8 Å². The third-order valence-electron chi connectivity index (χ3n) is 9.26. The molecule has 7 aromatic rings. The average Bonchev–Trinajstić information content (AvgIpc) is 3.98. The molecule has 0 fully saturated rings. The molecule has 0 bridgehead atoms. The lowest BCUT2D eigenvalue weighted by atomic mass is 10.1. The van der Waals surface area contributed by atoms with Gasteiger partial charge in [0.25, 0.3) is 0 Å². The van der Waals surface area contributed by atoms with Crippen molar-refractivity contribution in [3.8, 4) is 17.6 Å². The number of ether oxygens (including phenoxy) is 3. The van der Waals surface area contributed by atoms with Crippen LogP contribution in [0, 0.1) is 11.8 Å². The zero-order valence-corrected chi connectivity index (χ0v) is 33.8. The van der Waals surface area contributed by atoms with Gasteiger partial charge >= 0.3 is 11.9 Å². The number of hydrogen-bond acceptors (Lipinski definition) is 12. The number of aliphatic hydroxyl groups is 1. The number of aliphatic hydroxyl groups excluding tert-OH is 1. The molecule has 3 aromatic carbocycles. The van der Waals surface area contributed by atoms with Crippen LogP contribution in [0.2, 0.25) is 0 Å². The average molecular weight is 821 g/mol. The predicted octanol–water partition coefficient (Wildman–Crippen LogP) is 5.84. The third-order valence-corrected chi connectivity index (χ3v) is 9.26. The van der Waals surface area contributed by atoms with Gasteiger partial charge in [-0.1, -0.05) is 84.8 Å². The van der Waals surface area contributed by atoms with Gasteiger partial charge in [-0.25, -0.2) is 19.0 Å². The fourth-order valence-corrected chi connectivity index (χ4v) is 6.35. The fraction of sp³-hybridized carbons (Fsp3) is 0.234. The topological polar surface area (TPSA) is 177 Å². The van der Waals surface area contributed by atoms with Crippen LogP contribution in [0.25, 0.3) is 17.1 Å². The van der Waals surface area contributed by atoms with Crippen LogP contribution in [0.15, 0.2) is 121 Å². The third kappa shape index (κ3) is 11.5. The molecule has 0 saturated carbocycles. The van der Waals surface area contributed by atoms with Crippen molar-refractivity contribution in [2.75, 3.05) is 13.2 Å². The van der Waals surface area contributed by atoms with Gasteiger partial charge in [0.05, 0.1) is 26.1 Å². The Morgan fingerprint density at radius 1 is 0.672 bits per heavy atom. The van der Waals surface area contributed by atoms with Crippen molar-refractivity contribution in [1.29, 1.82) is 0 Å². The number of fused-ring (bicyclic) bond motifs is 2. The molecule has 14 heteroatoms. The van der Waals surface area contributed by atoms with Crippen molar-refractivity contribution < 1.29 is 33.7 Å². The maximum atomic E-state index is 13.2. The normalized spacial score (nSPS) is 11.2. The summed E-state index contributed by atoms with van der Waals surface area (Å²) < 4.78 is 19.0. The van der Waals surface area contributed by atoms with Crippen LogP contribution in [0.3, 0.4) is 0 Å². The first-order chi connectivity index (χ1) is 29.7. The van der Waals surface area contributed by atoms with Gasteiger partial charge in [-0.3, -0.25) is 19.2 Å². The number of rotatable bonds is 15. The summed E-state index contributed by atoms with van der Waals surface area (Å²) >= 11 is 0. The molecule has 310 valence electrons. The first-order valence-corrected chi connectivity index (χ1v) is 19.8. The van der Waals surface area contributed by atoms with Crippen molar-refractivity contribution in [3.63, 3.8) is 0 Å². The van der Waals surface area contributed by atoms with E-state index < -0.39 is 11.9 Å². The molecular weight excluding hydrogens is 777 g/mol. The van der Waals surface area contributed by atoms with E-state index in [4.69, 9.17) is 14.2 Å². The molecule has 0 amide bonds. The van der Waals surface area contributed by atoms with Crippen LogP contribution in [0.1, 0.15) is 78.0 Å². The van der Waals surface area contributed by atoms with Crippen LogP contribution in [-0.4, -0.2) is 65.2 Å². The minimum atomic E-state index is -0.426. The quantitative estimate of drug-likeness (QED) is 0.0745. The minimum Gasteiger partial charge on any atom is -0.511 e. The van der Waals surface area contributed by atoms with Gasteiger partial charge in [-0.2, -0.15) is 10.2 Å². The number of aryl methyl sites for hydroxylation is 2. The first-order valence-electron chi connectivity index (χ1n) is 19.8. The summed E-state index contributed by atoms with van der Waals surface area (Å²) in [6, 6.07) is 32.3. The monoisotopic (exact) mass is 820 g/mol. The van der Waals surface area contributed by atoms with Gasteiger partial charge in [0.2, 0.25) is 0 Å². The van der Waals surface area contributed by atoms with Crippen LogP contribution in [0.4, 0.5) is 0 Å². The molecule has 0 saturated heterocycles. The van der Waals surface area contributed by atoms with Crippen LogP contribution < -0.4 is 15.4 Å². The van der Waals surface area contributed by atoms with E-state index >= 15 is 0 Å². The zero-order valence-electron chi connectivity index (χ0n) is 33.8. The van der Waals surface area contributed by atoms with Gasteiger partial charge < -0.3 is 19.3 Å². The Morgan fingerprint density at radius 3 is 1.92 bits per heavy atom. The largest absolute Gasteiger partial charge is 0.511 e. The Hall–Kier alpha value is -7.66. The summed E-state index contributed by atoms with van der Waals surface area (Å²) in [6.07, 6.45) is 4.04. The lowest BCUT2D eigenvalue weighted by molar-refractivity contribution is -0.143. The van der Waals surface area contributed by atoms with E-state index in [1.165, 1.54) is 23.2 Å². The van der Waals surface area contributed by atoms with Crippen LogP contribution >= 0.6 is 0 Å². The van der Waals surface area contributed by atoms with Crippen LogP contribution in [-0.2, 0) is 38.5 Å². The summed E-state index contributed by atoms with van der Waals surface area (Å²) in [5.74, 6) is 5.25. The number of pyridine rings is 2. The van der Waals surface area contributed by atoms with E-state index in [-0.39, 0.29) is 73.3 Å². The number of carbonyl (C=O) groups excluding carboxylic acids is 3. The molecule has 0 atom stereocenters. The van der Waals surface area contributed by atoms with Crippen LogP contribution in [0.5, 0.6) is 5.75 Å². The van der Waals surface area contributed by atoms with Crippen molar-refractivity contribution in [2.24, 2.45) is 0 Å². The fourth-order valence-electron chi connectivity index (χ4n) is 6.35. The minimum absolute atomic E-state index is 0.00479. The highest BCUT2D eigenvalue weighted by Gasteiger charge is 2.23. The lowest BCUT2D eigenvalue weighted by Crippen LogP contribution is -2.31. The molecule has 0 unspecified atom stereocenters. The summed E-state index contributed by atoms with van der Waals surface area (Å²) in [6.45, 7) is 4.24. The molecule has 0 aliphatic carbocycles. The Labute approximate surface area is 351 Å². The number of aromatic nitrogens is 6. The highest BCUT2D eigenvalue weighted by atomic mass is 16.5. The Morgan fingerprint density at radius 2 is 1.26 bits per heavy atom. The molecular formula is C47H44N6O8. The number of esters is 2. The first kappa shape index (κ1) is 42.9. The van der Waals surface area contributed by atoms with Gasteiger partial charge in [0.1, 0.15) is 47.2 Å². The zero-order chi connectivity index (χ0) is 43.0.